The van der Waals surface area contributed by atoms with Crippen molar-refractivity contribution in [2.75, 3.05) is 25.6 Å². The van der Waals surface area contributed by atoms with Gasteiger partial charge in [-0.2, -0.15) is 0 Å². The Kier molecular flexibility index (Phi) is 8.55. The van der Waals surface area contributed by atoms with Gasteiger partial charge in [-0.1, -0.05) is 13.8 Å². The number of esters is 1. The molecule has 0 saturated heterocycles. The molecule has 0 aromatic heterocycles. The summed E-state index contributed by atoms with van der Waals surface area (Å²) in [6.07, 6.45) is 0.434. The van der Waals surface area contributed by atoms with E-state index in [0.29, 0.717) is 12.1 Å². The highest BCUT2D eigenvalue weighted by atomic mass is 19.1. The number of rotatable bonds is 9. The van der Waals surface area contributed by atoms with Crippen LogP contribution in [0, 0.1) is 11.7 Å². The molecule has 0 bridgehead atoms. The van der Waals surface area contributed by atoms with Gasteiger partial charge >= 0.3 is 5.97 Å². The van der Waals surface area contributed by atoms with Gasteiger partial charge in [0.2, 0.25) is 11.8 Å². The summed E-state index contributed by atoms with van der Waals surface area (Å²) in [4.78, 5) is 35.1. The number of hydrogen-bond acceptors (Lipinski definition) is 5. The van der Waals surface area contributed by atoms with Crippen molar-refractivity contribution < 1.29 is 28.2 Å². The zero-order valence-electron chi connectivity index (χ0n) is 14.5. The second-order valence-electron chi connectivity index (χ2n) is 5.82. The summed E-state index contributed by atoms with van der Waals surface area (Å²) in [5.41, 5.74) is 0.419. The first kappa shape index (κ1) is 20.6. The van der Waals surface area contributed by atoms with Gasteiger partial charge in [-0.05, 0) is 36.6 Å². The lowest BCUT2D eigenvalue weighted by atomic mass is 10.0. The molecule has 0 heterocycles. The van der Waals surface area contributed by atoms with Crippen LogP contribution in [0.15, 0.2) is 24.3 Å². The zero-order chi connectivity index (χ0) is 18.8. The predicted molar refractivity (Wildman–Crippen MR) is 89.3 cm³/mol. The van der Waals surface area contributed by atoms with Gasteiger partial charge in [0.25, 0.3) is 0 Å². The summed E-state index contributed by atoms with van der Waals surface area (Å²) in [6.45, 7) is 3.11. The van der Waals surface area contributed by atoms with Gasteiger partial charge in [0, 0.05) is 5.69 Å². The third kappa shape index (κ3) is 8.25. The summed E-state index contributed by atoms with van der Waals surface area (Å²) in [7, 11) is 1.25. The first-order chi connectivity index (χ1) is 11.8. The van der Waals surface area contributed by atoms with E-state index >= 15 is 0 Å². The first-order valence-corrected chi connectivity index (χ1v) is 7.82. The van der Waals surface area contributed by atoms with Gasteiger partial charge in [0.05, 0.1) is 7.11 Å². The molecule has 1 unspecified atom stereocenters. The number of ether oxygens (including phenoxy) is 2. The van der Waals surface area contributed by atoms with Gasteiger partial charge in [-0.25, -0.2) is 9.18 Å². The molecule has 8 heteroatoms. The molecule has 0 aliphatic carbocycles. The molecule has 0 aliphatic rings. The zero-order valence-corrected chi connectivity index (χ0v) is 14.5. The molecule has 25 heavy (non-hydrogen) atoms. The van der Waals surface area contributed by atoms with Crippen molar-refractivity contribution in [2.24, 2.45) is 5.92 Å². The quantitative estimate of drug-likeness (QED) is 0.655. The number of halogens is 1. The molecule has 1 aromatic carbocycles. The SMILES string of the molecule is COC(=O)C(CC(C)C)NC(=O)COCC(=O)Nc1ccc(F)cc1. The van der Waals surface area contributed by atoms with E-state index in [4.69, 9.17) is 4.74 Å². The van der Waals surface area contributed by atoms with Crippen LogP contribution in [0.2, 0.25) is 0 Å². The second kappa shape index (κ2) is 10.4. The van der Waals surface area contributed by atoms with E-state index in [9.17, 15) is 18.8 Å². The van der Waals surface area contributed by atoms with E-state index in [2.05, 4.69) is 15.4 Å². The lowest BCUT2D eigenvalue weighted by Gasteiger charge is -2.18. The Bertz CT molecular complexity index is 589. The highest BCUT2D eigenvalue weighted by molar-refractivity contribution is 5.92. The molecule has 1 atom stereocenters. The number of nitrogens with one attached hydrogen (secondary N) is 2. The number of benzene rings is 1. The fourth-order valence-corrected chi connectivity index (χ4v) is 2.03. The van der Waals surface area contributed by atoms with E-state index < -0.39 is 29.6 Å². The summed E-state index contributed by atoms with van der Waals surface area (Å²) in [5.74, 6) is -1.76. The van der Waals surface area contributed by atoms with Crippen LogP contribution in [0.4, 0.5) is 10.1 Å². The molecule has 138 valence electrons. The van der Waals surface area contributed by atoms with Crippen molar-refractivity contribution in [3.05, 3.63) is 30.1 Å². The summed E-state index contributed by atoms with van der Waals surface area (Å²) in [6, 6.07) is 4.49. The van der Waals surface area contributed by atoms with Crippen LogP contribution in [0.5, 0.6) is 0 Å². The molecule has 0 radical (unpaired) electrons. The standard InChI is InChI=1S/C17H23FN2O5/c1-11(2)8-14(17(23)24-3)20-16(22)10-25-9-15(21)19-13-6-4-12(18)5-7-13/h4-7,11,14H,8-10H2,1-3H3,(H,19,21)(H,20,22). The van der Waals surface area contributed by atoms with Gasteiger partial charge < -0.3 is 20.1 Å². The minimum absolute atomic E-state index is 0.187. The van der Waals surface area contributed by atoms with Crippen LogP contribution >= 0.6 is 0 Å². The average Bonchev–Trinajstić information content (AvgIpc) is 2.55. The van der Waals surface area contributed by atoms with Crippen molar-refractivity contribution in [1.82, 2.24) is 5.32 Å². The Morgan fingerprint density at radius 3 is 2.24 bits per heavy atom. The van der Waals surface area contributed by atoms with Crippen molar-refractivity contribution in [3.63, 3.8) is 0 Å². The van der Waals surface area contributed by atoms with Crippen molar-refractivity contribution >= 4 is 23.5 Å². The Hall–Kier alpha value is -2.48. The highest BCUT2D eigenvalue weighted by Gasteiger charge is 2.22. The molecule has 1 rings (SSSR count). The third-order valence-electron chi connectivity index (χ3n) is 3.12. The minimum Gasteiger partial charge on any atom is -0.467 e. The topological polar surface area (TPSA) is 93.7 Å². The Morgan fingerprint density at radius 2 is 1.68 bits per heavy atom. The lowest BCUT2D eigenvalue weighted by Crippen LogP contribution is -2.44. The van der Waals surface area contributed by atoms with E-state index in [-0.39, 0.29) is 19.1 Å². The monoisotopic (exact) mass is 354 g/mol. The molecular formula is C17H23FN2O5. The summed E-state index contributed by atoms with van der Waals surface area (Å²) in [5, 5.41) is 5.02. The number of carbonyl (C=O) groups is 3. The van der Waals surface area contributed by atoms with E-state index in [1.54, 1.807) is 0 Å². The molecular weight excluding hydrogens is 331 g/mol. The number of hydrogen-bond donors (Lipinski definition) is 2. The fraction of sp³-hybridized carbons (Fsp3) is 0.471. The number of anilines is 1. The second-order valence-corrected chi connectivity index (χ2v) is 5.82. The number of methoxy groups -OCH3 is 1. The summed E-state index contributed by atoms with van der Waals surface area (Å²) >= 11 is 0. The lowest BCUT2D eigenvalue weighted by molar-refractivity contribution is -0.146. The molecule has 0 aliphatic heterocycles. The van der Waals surface area contributed by atoms with Crippen LogP contribution in [-0.2, 0) is 23.9 Å². The van der Waals surface area contributed by atoms with Crippen molar-refractivity contribution in [2.45, 2.75) is 26.3 Å². The summed E-state index contributed by atoms with van der Waals surface area (Å²) < 4.78 is 22.4. The molecule has 7 nitrogen and oxygen atoms in total. The number of carbonyl (C=O) groups excluding carboxylic acids is 3. The maximum Gasteiger partial charge on any atom is 0.328 e. The van der Waals surface area contributed by atoms with Gasteiger partial charge in [0.15, 0.2) is 0 Å². The van der Waals surface area contributed by atoms with Crippen LogP contribution < -0.4 is 10.6 Å². The Labute approximate surface area is 145 Å². The van der Waals surface area contributed by atoms with Crippen LogP contribution in [-0.4, -0.2) is 44.1 Å². The van der Waals surface area contributed by atoms with Crippen LogP contribution in [0.25, 0.3) is 0 Å². The van der Waals surface area contributed by atoms with E-state index in [1.807, 2.05) is 13.8 Å². The Morgan fingerprint density at radius 1 is 1.08 bits per heavy atom. The molecule has 0 fully saturated rings. The molecule has 0 saturated carbocycles. The Balaban J connectivity index is 2.35. The predicted octanol–water partition coefficient (Wildman–Crippen LogP) is 1.48. The molecule has 0 spiro atoms. The molecule has 2 N–H and O–H groups in total. The van der Waals surface area contributed by atoms with Crippen molar-refractivity contribution in [1.29, 1.82) is 0 Å². The van der Waals surface area contributed by atoms with Crippen LogP contribution in [0.3, 0.4) is 0 Å². The largest absolute Gasteiger partial charge is 0.467 e. The normalized spacial score (nSPS) is 11.7. The number of amides is 2. The van der Waals surface area contributed by atoms with E-state index in [0.717, 1.165) is 0 Å². The maximum absolute atomic E-state index is 12.8. The first-order valence-electron chi connectivity index (χ1n) is 7.82. The van der Waals surface area contributed by atoms with Gasteiger partial charge in [0.1, 0.15) is 25.1 Å². The smallest absolute Gasteiger partial charge is 0.328 e. The molecule has 1 aromatic rings. The van der Waals surface area contributed by atoms with Crippen molar-refractivity contribution in [3.8, 4) is 0 Å². The van der Waals surface area contributed by atoms with Gasteiger partial charge in [-0.15, -0.1) is 0 Å². The van der Waals surface area contributed by atoms with Gasteiger partial charge in [-0.3, -0.25) is 9.59 Å². The van der Waals surface area contributed by atoms with Crippen LogP contribution in [0.1, 0.15) is 20.3 Å². The van der Waals surface area contributed by atoms with E-state index in [1.165, 1.54) is 31.4 Å². The maximum atomic E-state index is 12.8. The fourth-order valence-electron chi connectivity index (χ4n) is 2.03. The third-order valence-corrected chi connectivity index (χ3v) is 3.12. The minimum atomic E-state index is -0.755. The average molecular weight is 354 g/mol. The highest BCUT2D eigenvalue weighted by Crippen LogP contribution is 2.08. The molecule has 2 amide bonds.